The van der Waals surface area contributed by atoms with E-state index in [1.54, 1.807) is 12.0 Å². The minimum atomic E-state index is -0.218. The summed E-state index contributed by atoms with van der Waals surface area (Å²) in [5.41, 5.74) is 3.94. The van der Waals surface area contributed by atoms with Crippen molar-refractivity contribution in [3.63, 3.8) is 0 Å². The third-order valence-corrected chi connectivity index (χ3v) is 8.10. The Balaban J connectivity index is 1.24. The lowest BCUT2D eigenvalue weighted by Crippen LogP contribution is -2.58. The Morgan fingerprint density at radius 2 is 1.66 bits per heavy atom. The van der Waals surface area contributed by atoms with Crippen molar-refractivity contribution >= 4 is 28.6 Å². The minimum absolute atomic E-state index is 0.00475. The van der Waals surface area contributed by atoms with E-state index in [9.17, 15) is 14.4 Å². The zero-order valence-corrected chi connectivity index (χ0v) is 23.2. The molecule has 6 rings (SSSR count). The number of methoxy groups -OCH3 is 1. The zero-order valence-electron chi connectivity index (χ0n) is 23.2. The van der Waals surface area contributed by atoms with Crippen LogP contribution in [0.2, 0.25) is 0 Å². The SMILES string of the molecule is COc1ccc2[nH]c(C(=O)N3CC(=O)N(Cc4cccc(C(=O)N5CCCC5)c4)[C@@H](Cc4ccccc4)C3)cc2c1. The summed E-state index contributed by atoms with van der Waals surface area (Å²) in [4.78, 5) is 48.9. The smallest absolute Gasteiger partial charge is 0.270 e. The van der Waals surface area contributed by atoms with Gasteiger partial charge in [0.1, 0.15) is 18.0 Å². The van der Waals surface area contributed by atoms with E-state index in [2.05, 4.69) is 4.98 Å². The van der Waals surface area contributed by atoms with Gasteiger partial charge in [-0.1, -0.05) is 42.5 Å². The first kappa shape index (κ1) is 26.6. The van der Waals surface area contributed by atoms with E-state index in [1.165, 1.54) is 0 Å². The molecule has 0 radical (unpaired) electrons. The molecule has 4 aromatic rings. The summed E-state index contributed by atoms with van der Waals surface area (Å²) in [7, 11) is 1.61. The number of rotatable bonds is 7. The summed E-state index contributed by atoms with van der Waals surface area (Å²) >= 11 is 0. The third kappa shape index (κ3) is 5.68. The van der Waals surface area contributed by atoms with Crippen LogP contribution in [0.15, 0.2) is 78.9 Å². The molecule has 2 aliphatic heterocycles. The quantitative estimate of drug-likeness (QED) is 0.367. The lowest BCUT2D eigenvalue weighted by atomic mass is 10.00. The highest BCUT2D eigenvalue weighted by molar-refractivity contribution is 6.00. The van der Waals surface area contributed by atoms with E-state index >= 15 is 0 Å². The van der Waals surface area contributed by atoms with Crippen molar-refractivity contribution in [3.8, 4) is 5.75 Å². The molecule has 210 valence electrons. The van der Waals surface area contributed by atoms with Gasteiger partial charge in [0.2, 0.25) is 5.91 Å². The molecule has 8 heteroatoms. The molecule has 8 nitrogen and oxygen atoms in total. The number of aromatic nitrogens is 1. The number of likely N-dealkylation sites (tertiary alicyclic amines) is 1. The molecule has 0 unspecified atom stereocenters. The van der Waals surface area contributed by atoms with E-state index in [4.69, 9.17) is 4.74 Å². The molecule has 41 heavy (non-hydrogen) atoms. The average molecular weight is 551 g/mol. The predicted molar refractivity (Wildman–Crippen MR) is 157 cm³/mol. The number of fused-ring (bicyclic) bond motifs is 1. The highest BCUT2D eigenvalue weighted by Crippen LogP contribution is 2.25. The molecule has 0 saturated carbocycles. The second-order valence-electron chi connectivity index (χ2n) is 10.9. The highest BCUT2D eigenvalue weighted by Gasteiger charge is 2.35. The number of ether oxygens (including phenoxy) is 1. The molecular weight excluding hydrogens is 516 g/mol. The maximum absolute atomic E-state index is 13.7. The molecule has 3 amide bonds. The Labute approximate surface area is 239 Å². The monoisotopic (exact) mass is 550 g/mol. The average Bonchev–Trinajstić information content (AvgIpc) is 3.69. The number of nitrogens with zero attached hydrogens (tertiary/aromatic N) is 3. The molecule has 1 aromatic heterocycles. The van der Waals surface area contributed by atoms with Gasteiger partial charge < -0.3 is 24.4 Å². The molecule has 0 spiro atoms. The zero-order chi connectivity index (χ0) is 28.3. The Hall–Kier alpha value is -4.59. The molecule has 2 aliphatic rings. The van der Waals surface area contributed by atoms with Crippen LogP contribution in [-0.4, -0.2) is 76.7 Å². The number of nitrogens with one attached hydrogen (secondary N) is 1. The van der Waals surface area contributed by atoms with Crippen LogP contribution < -0.4 is 4.74 Å². The van der Waals surface area contributed by atoms with E-state index in [0.717, 1.165) is 48.0 Å². The maximum Gasteiger partial charge on any atom is 0.270 e. The van der Waals surface area contributed by atoms with Gasteiger partial charge in [0.05, 0.1) is 13.2 Å². The van der Waals surface area contributed by atoms with Crippen LogP contribution in [0.3, 0.4) is 0 Å². The summed E-state index contributed by atoms with van der Waals surface area (Å²) in [6.45, 7) is 2.37. The van der Waals surface area contributed by atoms with Crippen molar-refractivity contribution < 1.29 is 19.1 Å². The summed E-state index contributed by atoms with van der Waals surface area (Å²) in [5.74, 6) is 0.445. The van der Waals surface area contributed by atoms with Gasteiger partial charge in [-0.15, -0.1) is 0 Å². The van der Waals surface area contributed by atoms with Gasteiger partial charge in [0, 0.05) is 42.6 Å². The van der Waals surface area contributed by atoms with E-state index < -0.39 is 0 Å². The van der Waals surface area contributed by atoms with Gasteiger partial charge in [0.25, 0.3) is 11.8 Å². The molecule has 3 aromatic carbocycles. The van der Waals surface area contributed by atoms with Crippen LogP contribution in [0.25, 0.3) is 10.9 Å². The van der Waals surface area contributed by atoms with Gasteiger partial charge in [0.15, 0.2) is 0 Å². The number of hydrogen-bond donors (Lipinski definition) is 1. The summed E-state index contributed by atoms with van der Waals surface area (Å²) in [6, 6.07) is 24.8. The number of amides is 3. The Kier molecular flexibility index (Phi) is 7.46. The summed E-state index contributed by atoms with van der Waals surface area (Å²) in [6.07, 6.45) is 2.69. The third-order valence-electron chi connectivity index (χ3n) is 8.10. The Morgan fingerprint density at radius 3 is 2.44 bits per heavy atom. The van der Waals surface area contributed by atoms with Gasteiger partial charge >= 0.3 is 0 Å². The number of piperazine rings is 1. The van der Waals surface area contributed by atoms with Crippen molar-refractivity contribution in [2.45, 2.75) is 31.8 Å². The van der Waals surface area contributed by atoms with Crippen LogP contribution in [0.5, 0.6) is 5.75 Å². The van der Waals surface area contributed by atoms with E-state index in [-0.39, 0.29) is 30.3 Å². The second kappa shape index (κ2) is 11.5. The van der Waals surface area contributed by atoms with Crippen LogP contribution in [0, 0.1) is 0 Å². The van der Waals surface area contributed by atoms with Crippen molar-refractivity contribution in [2.24, 2.45) is 0 Å². The molecule has 1 N–H and O–H groups in total. The van der Waals surface area contributed by atoms with Crippen molar-refractivity contribution in [2.75, 3.05) is 33.3 Å². The number of carbonyl (C=O) groups is 3. The molecule has 1 atom stereocenters. The van der Waals surface area contributed by atoms with Crippen LogP contribution in [0.1, 0.15) is 44.8 Å². The van der Waals surface area contributed by atoms with Crippen LogP contribution in [0.4, 0.5) is 0 Å². The fourth-order valence-corrected chi connectivity index (χ4v) is 5.93. The normalized spacial score (nSPS) is 17.3. The summed E-state index contributed by atoms with van der Waals surface area (Å²) in [5, 5.41) is 0.877. The molecular formula is C33H34N4O4. The van der Waals surface area contributed by atoms with Crippen molar-refractivity contribution in [1.29, 1.82) is 0 Å². The standard InChI is InChI=1S/C33H34N4O4/c1-41-28-12-13-29-26(18-28)19-30(34-29)33(40)36-21-27(17-23-8-3-2-4-9-23)37(31(38)22-36)20-24-10-7-11-25(16-24)32(39)35-14-5-6-15-35/h2-4,7-13,16,18-19,27,34H,5-6,14-15,17,20-22H2,1H3/t27-/m0/s1. The van der Waals surface area contributed by atoms with Crippen molar-refractivity contribution in [3.05, 3.63) is 101 Å². The predicted octanol–water partition coefficient (Wildman–Crippen LogP) is 4.51. The first-order valence-electron chi connectivity index (χ1n) is 14.2. The van der Waals surface area contributed by atoms with E-state index in [0.29, 0.717) is 36.5 Å². The number of carbonyl (C=O) groups excluding carboxylic acids is 3. The molecule has 0 aliphatic carbocycles. The van der Waals surface area contributed by atoms with Crippen LogP contribution >= 0.6 is 0 Å². The van der Waals surface area contributed by atoms with Crippen molar-refractivity contribution in [1.82, 2.24) is 19.7 Å². The molecule has 0 bridgehead atoms. The first-order valence-corrected chi connectivity index (χ1v) is 14.2. The number of benzene rings is 3. The van der Waals surface area contributed by atoms with Gasteiger partial charge in [-0.2, -0.15) is 0 Å². The summed E-state index contributed by atoms with van der Waals surface area (Å²) < 4.78 is 5.32. The molecule has 3 heterocycles. The fraction of sp³-hybridized carbons (Fsp3) is 0.303. The lowest BCUT2D eigenvalue weighted by Gasteiger charge is -2.41. The Morgan fingerprint density at radius 1 is 0.878 bits per heavy atom. The number of aromatic amines is 1. The maximum atomic E-state index is 13.7. The minimum Gasteiger partial charge on any atom is -0.497 e. The van der Waals surface area contributed by atoms with Gasteiger partial charge in [-0.05, 0) is 66.8 Å². The fourth-order valence-electron chi connectivity index (χ4n) is 5.93. The van der Waals surface area contributed by atoms with E-state index in [1.807, 2.05) is 88.7 Å². The Bertz CT molecular complexity index is 1570. The topological polar surface area (TPSA) is 86.0 Å². The van der Waals surface area contributed by atoms with Gasteiger partial charge in [-0.3, -0.25) is 14.4 Å². The lowest BCUT2D eigenvalue weighted by molar-refractivity contribution is -0.139. The first-order chi connectivity index (χ1) is 20.0. The highest BCUT2D eigenvalue weighted by atomic mass is 16.5. The molecule has 2 fully saturated rings. The van der Waals surface area contributed by atoms with Gasteiger partial charge in [-0.25, -0.2) is 0 Å². The number of H-pyrrole nitrogens is 1. The largest absolute Gasteiger partial charge is 0.497 e. The number of hydrogen-bond acceptors (Lipinski definition) is 4. The second-order valence-corrected chi connectivity index (χ2v) is 10.9. The van der Waals surface area contributed by atoms with Crippen LogP contribution in [-0.2, 0) is 17.8 Å². The molecule has 2 saturated heterocycles.